The van der Waals surface area contributed by atoms with Crippen molar-refractivity contribution in [2.45, 2.75) is 83.5 Å². The number of carbonyl (C=O) groups is 4. The van der Waals surface area contributed by atoms with Gasteiger partial charge in [-0.15, -0.1) is 0 Å². The third-order valence-electron chi connectivity index (χ3n) is 13.0. The second-order valence-corrected chi connectivity index (χ2v) is 18.0. The minimum absolute atomic E-state index is 0.0156. The average molecular weight is 918 g/mol. The number of nitrogens with zero attached hydrogens (tertiary/aromatic N) is 5. The number of fused-ring (bicyclic) bond motifs is 5. The van der Waals surface area contributed by atoms with E-state index in [1.54, 1.807) is 37.2 Å². The Morgan fingerprint density at radius 3 is 2.01 bits per heavy atom. The molecule has 0 aliphatic carbocycles. The van der Waals surface area contributed by atoms with Gasteiger partial charge < -0.3 is 44.6 Å². The lowest BCUT2D eigenvalue weighted by Gasteiger charge is -2.30. The van der Waals surface area contributed by atoms with Gasteiger partial charge in [0.2, 0.25) is 18.0 Å². The Labute approximate surface area is 385 Å². The van der Waals surface area contributed by atoms with Crippen molar-refractivity contribution in [2.24, 2.45) is 11.8 Å². The number of aromatic nitrogens is 5. The number of imidazole rings is 2. The van der Waals surface area contributed by atoms with Crippen LogP contribution < -0.4 is 15.4 Å². The Morgan fingerprint density at radius 1 is 0.791 bits per heavy atom. The number of amides is 4. The average Bonchev–Trinajstić information content (AvgIpc) is 4.20. The molecule has 0 bridgehead atoms. The van der Waals surface area contributed by atoms with E-state index in [0.717, 1.165) is 17.5 Å². The summed E-state index contributed by atoms with van der Waals surface area (Å²) in [6, 6.07) is 17.8. The van der Waals surface area contributed by atoms with E-state index in [2.05, 4.69) is 25.6 Å². The van der Waals surface area contributed by atoms with E-state index in [1.807, 2.05) is 79.1 Å². The number of benzene rings is 3. The van der Waals surface area contributed by atoms with Crippen LogP contribution in [0.4, 0.5) is 18.4 Å². The summed E-state index contributed by atoms with van der Waals surface area (Å²) in [6.45, 7) is 7.67. The number of hydrogen-bond donors (Lipinski definition) is 4. The van der Waals surface area contributed by atoms with Crippen LogP contribution in [0.5, 0.6) is 5.75 Å². The zero-order valence-electron chi connectivity index (χ0n) is 38.0. The Morgan fingerprint density at radius 2 is 1.39 bits per heavy atom. The van der Waals surface area contributed by atoms with Crippen molar-refractivity contribution in [3.8, 4) is 39.5 Å². The van der Waals surface area contributed by atoms with Gasteiger partial charge >= 0.3 is 12.2 Å². The van der Waals surface area contributed by atoms with Gasteiger partial charge in [-0.2, -0.15) is 0 Å². The molecule has 3 aliphatic rings. The van der Waals surface area contributed by atoms with Crippen LogP contribution in [-0.4, -0.2) is 104 Å². The number of rotatable bonds is 11. The highest BCUT2D eigenvalue weighted by Gasteiger charge is 2.42. The van der Waals surface area contributed by atoms with E-state index < -0.39 is 54.4 Å². The minimum Gasteiger partial charge on any atom is -0.465 e. The molecule has 3 aromatic carbocycles. The second kappa shape index (κ2) is 18.2. The first-order valence-electron chi connectivity index (χ1n) is 22.5. The molecule has 3 aromatic heterocycles. The summed E-state index contributed by atoms with van der Waals surface area (Å²) in [5.74, 6) is -0.122. The predicted molar refractivity (Wildman–Crippen MR) is 244 cm³/mol. The van der Waals surface area contributed by atoms with Crippen molar-refractivity contribution in [3.05, 3.63) is 102 Å². The normalized spacial score (nSPS) is 19.8. The molecule has 1 unspecified atom stereocenters. The van der Waals surface area contributed by atoms with Gasteiger partial charge in [0.25, 0.3) is 0 Å². The molecule has 0 radical (unpaired) electrons. The molecule has 0 spiro atoms. The molecule has 350 valence electrons. The lowest BCUT2D eigenvalue weighted by Crippen LogP contribution is -2.51. The maximum atomic E-state index is 17.3. The third kappa shape index (κ3) is 8.33. The smallest absolute Gasteiger partial charge is 0.407 e. The molecule has 6 heterocycles. The lowest BCUT2D eigenvalue weighted by atomic mass is 10.0. The van der Waals surface area contributed by atoms with Crippen LogP contribution in [0.15, 0.2) is 79.1 Å². The molecule has 4 N–H and O–H groups in total. The number of alkyl carbamates (subject to hydrolysis) is 2. The van der Waals surface area contributed by atoms with E-state index in [-0.39, 0.29) is 36.8 Å². The van der Waals surface area contributed by atoms with Crippen molar-refractivity contribution in [3.63, 3.8) is 0 Å². The van der Waals surface area contributed by atoms with Crippen LogP contribution in [0, 0.1) is 17.7 Å². The SMILES string of the molecule is COC(=O)N[C@H](C(=O)N1CCC[C@H]1c1ncc(-c2ccc3c(c2)OC(c2ccccc2)n2c-3c(F)c3cc(-c4cnc([C@@H]5C[C@@H](F)CN5C(=O)[C@@H](NC(=O)OC)C(C)C)[nH]4)ccc32)[nH]1)C(C)C. The summed E-state index contributed by atoms with van der Waals surface area (Å²) in [6.07, 6.45) is 1.31. The van der Waals surface area contributed by atoms with Crippen LogP contribution in [0.1, 0.15) is 82.5 Å². The number of nitrogens with one attached hydrogen (secondary N) is 4. The van der Waals surface area contributed by atoms with Crippen LogP contribution in [-0.2, 0) is 19.1 Å². The first-order valence-corrected chi connectivity index (χ1v) is 22.5. The van der Waals surface area contributed by atoms with Crippen molar-refractivity contribution in [2.75, 3.05) is 27.3 Å². The second-order valence-electron chi connectivity index (χ2n) is 18.0. The van der Waals surface area contributed by atoms with Crippen LogP contribution in [0.2, 0.25) is 0 Å². The number of halogens is 2. The number of ether oxygens (including phenoxy) is 3. The van der Waals surface area contributed by atoms with Crippen molar-refractivity contribution in [1.29, 1.82) is 0 Å². The summed E-state index contributed by atoms with van der Waals surface area (Å²) in [5, 5.41) is 5.61. The third-order valence-corrected chi connectivity index (χ3v) is 13.0. The minimum atomic E-state index is -1.30. The Bertz CT molecular complexity index is 2840. The molecule has 6 atom stereocenters. The fourth-order valence-corrected chi connectivity index (χ4v) is 9.59. The zero-order valence-corrected chi connectivity index (χ0v) is 38.0. The predicted octanol–water partition coefficient (Wildman–Crippen LogP) is 8.20. The van der Waals surface area contributed by atoms with E-state index >= 15 is 8.78 Å². The Balaban J connectivity index is 1.03. The summed E-state index contributed by atoms with van der Waals surface area (Å²) in [7, 11) is 2.48. The highest BCUT2D eigenvalue weighted by molar-refractivity contribution is 5.93. The van der Waals surface area contributed by atoms with Gasteiger partial charge in [0.15, 0.2) is 5.82 Å². The fourth-order valence-electron chi connectivity index (χ4n) is 9.59. The molecule has 67 heavy (non-hydrogen) atoms. The lowest BCUT2D eigenvalue weighted by molar-refractivity contribution is -0.136. The number of hydrogen-bond acceptors (Lipinski definition) is 9. The quantitative estimate of drug-likeness (QED) is 0.0993. The van der Waals surface area contributed by atoms with Gasteiger partial charge in [-0.3, -0.25) is 14.2 Å². The standard InChI is InChI=1S/C49H53F2N9O7/c1-25(2)40(56-48(63)65-5)45(61)58-18-10-13-36(58)43-52-23-34(54-43)29-14-16-31-38(20-29)67-47(27-11-8-7-9-12-27)60-35-17-15-28(19-32(35)39(51)42(31)60)33-22-53-44(55-33)37-21-30(50)24-59(37)46(62)41(26(3)4)57-49(64)66-6/h7-9,11-12,14-17,19-20,22-23,25-26,30,36-37,40-41,47H,10,13,18,21,24H2,1-6H3,(H,52,54)(H,53,55)(H,56,63)(H,57,64)/t30-,36+,37+,40+,41+,47?/m1/s1. The molecular weight excluding hydrogens is 865 g/mol. The fraction of sp³-hybridized carbons (Fsp3) is 0.388. The summed E-state index contributed by atoms with van der Waals surface area (Å²) in [4.78, 5) is 70.9. The molecule has 0 saturated carbocycles. The molecule has 16 nitrogen and oxygen atoms in total. The molecule has 2 fully saturated rings. The number of likely N-dealkylation sites (tertiary alicyclic amines) is 2. The maximum absolute atomic E-state index is 17.3. The van der Waals surface area contributed by atoms with Crippen LogP contribution >= 0.6 is 0 Å². The van der Waals surface area contributed by atoms with Gasteiger partial charge in [-0.1, -0.05) is 70.2 Å². The molecule has 2 saturated heterocycles. The molecule has 3 aliphatic heterocycles. The highest BCUT2D eigenvalue weighted by atomic mass is 19.1. The number of carbonyl (C=O) groups excluding carboxylic acids is 4. The van der Waals surface area contributed by atoms with E-state index in [0.29, 0.717) is 69.5 Å². The molecular formula is C49H53F2N9O7. The summed E-state index contributed by atoms with van der Waals surface area (Å²) < 4.78 is 50.5. The summed E-state index contributed by atoms with van der Waals surface area (Å²) >= 11 is 0. The van der Waals surface area contributed by atoms with Crippen LogP contribution in [0.25, 0.3) is 44.7 Å². The van der Waals surface area contributed by atoms with Crippen molar-refractivity contribution in [1.82, 2.24) is 44.9 Å². The topological polar surface area (TPSA) is 189 Å². The zero-order chi connectivity index (χ0) is 47.3. The monoisotopic (exact) mass is 917 g/mol. The number of aromatic amines is 2. The summed E-state index contributed by atoms with van der Waals surface area (Å²) in [5.41, 5.74) is 4.90. The van der Waals surface area contributed by atoms with Gasteiger partial charge in [-0.25, -0.2) is 28.3 Å². The largest absolute Gasteiger partial charge is 0.465 e. The first-order chi connectivity index (χ1) is 32.3. The van der Waals surface area contributed by atoms with Gasteiger partial charge in [0.05, 0.1) is 67.8 Å². The molecule has 18 heteroatoms. The van der Waals surface area contributed by atoms with Crippen LogP contribution in [0.3, 0.4) is 0 Å². The molecule has 6 aromatic rings. The molecule has 9 rings (SSSR count). The van der Waals surface area contributed by atoms with Gasteiger partial charge in [0, 0.05) is 40.6 Å². The first kappa shape index (κ1) is 44.9. The van der Waals surface area contributed by atoms with Crippen molar-refractivity contribution < 1.29 is 42.2 Å². The van der Waals surface area contributed by atoms with Crippen molar-refractivity contribution >= 4 is 34.9 Å². The van der Waals surface area contributed by atoms with Gasteiger partial charge in [0.1, 0.15) is 35.7 Å². The number of methoxy groups -OCH3 is 2. The van der Waals surface area contributed by atoms with Gasteiger partial charge in [-0.05, 0) is 48.9 Å². The Kier molecular flexibility index (Phi) is 12.2. The van der Waals surface area contributed by atoms with E-state index in [9.17, 15) is 19.2 Å². The highest BCUT2D eigenvalue weighted by Crippen LogP contribution is 2.48. The van der Waals surface area contributed by atoms with E-state index in [4.69, 9.17) is 19.2 Å². The Hall–Kier alpha value is -7.24. The molecule has 4 amide bonds. The van der Waals surface area contributed by atoms with E-state index in [1.165, 1.54) is 19.1 Å². The number of H-pyrrole nitrogens is 2. The maximum Gasteiger partial charge on any atom is 0.407 e. The number of alkyl halides is 1.